The van der Waals surface area contributed by atoms with Crippen molar-refractivity contribution in [1.29, 1.82) is 0 Å². The van der Waals surface area contributed by atoms with Gasteiger partial charge in [-0.15, -0.1) is 0 Å². The highest BCUT2D eigenvalue weighted by atomic mass is 16.5. The summed E-state index contributed by atoms with van der Waals surface area (Å²) in [4.78, 5) is 15.4. The first kappa shape index (κ1) is 12.8. The van der Waals surface area contributed by atoms with E-state index in [1.807, 2.05) is 0 Å². The fraction of sp³-hybridized carbons (Fsp3) is 0.600. The molecule has 0 spiro atoms. The molecule has 0 aliphatic carbocycles. The number of anilines is 2. The smallest absolute Gasteiger partial charge is 0.351 e. The van der Waals surface area contributed by atoms with Crippen molar-refractivity contribution in [3.63, 3.8) is 0 Å². The molecule has 1 aromatic rings. The van der Waals surface area contributed by atoms with Crippen LogP contribution in [0.15, 0.2) is 11.0 Å². The summed E-state index contributed by atoms with van der Waals surface area (Å²) in [5.74, 6) is 0.107. The predicted molar refractivity (Wildman–Crippen MR) is 64.1 cm³/mol. The SMILES string of the molecule is CNc1cn([C@H]2C[C@@H](O)[C@H](CO)O2)c(=O)nc1N. The molecule has 3 atom stereocenters. The van der Waals surface area contributed by atoms with Gasteiger partial charge in [0.1, 0.15) is 12.3 Å². The lowest BCUT2D eigenvalue weighted by molar-refractivity contribution is -0.0458. The van der Waals surface area contributed by atoms with E-state index in [1.165, 1.54) is 10.8 Å². The molecular formula is C10H16N4O4. The van der Waals surface area contributed by atoms with Gasteiger partial charge in [-0.3, -0.25) is 4.57 Å². The molecule has 5 N–H and O–H groups in total. The normalized spacial score (nSPS) is 27.4. The standard InChI is InChI=1S/C10H16N4O4/c1-12-5-3-14(10(17)13-9(5)11)8-2-6(16)7(4-15)18-8/h3,6-8,12,15-16H,2,4H2,1H3,(H2,11,13,17)/t6-,7+,8-/m1/s1. The van der Waals surface area contributed by atoms with Gasteiger partial charge >= 0.3 is 5.69 Å². The van der Waals surface area contributed by atoms with Gasteiger partial charge in [0.15, 0.2) is 5.82 Å². The van der Waals surface area contributed by atoms with Crippen molar-refractivity contribution in [2.75, 3.05) is 24.7 Å². The quantitative estimate of drug-likeness (QED) is 0.519. The summed E-state index contributed by atoms with van der Waals surface area (Å²) in [5.41, 5.74) is 5.51. The van der Waals surface area contributed by atoms with E-state index in [0.29, 0.717) is 5.69 Å². The van der Waals surface area contributed by atoms with Crippen LogP contribution in [0.25, 0.3) is 0 Å². The Morgan fingerprint density at radius 1 is 1.72 bits per heavy atom. The summed E-state index contributed by atoms with van der Waals surface area (Å²) in [6, 6.07) is 0. The third-order valence-corrected chi connectivity index (χ3v) is 2.94. The fourth-order valence-corrected chi connectivity index (χ4v) is 1.93. The van der Waals surface area contributed by atoms with Crippen molar-refractivity contribution in [3.05, 3.63) is 16.7 Å². The van der Waals surface area contributed by atoms with E-state index in [4.69, 9.17) is 15.6 Å². The molecule has 0 amide bonds. The van der Waals surface area contributed by atoms with E-state index in [-0.39, 0.29) is 18.8 Å². The second-order valence-electron chi connectivity index (χ2n) is 4.09. The van der Waals surface area contributed by atoms with E-state index in [2.05, 4.69) is 10.3 Å². The van der Waals surface area contributed by atoms with Gasteiger partial charge in [0.25, 0.3) is 0 Å². The van der Waals surface area contributed by atoms with Crippen LogP contribution in [0.4, 0.5) is 11.5 Å². The van der Waals surface area contributed by atoms with Gasteiger partial charge in [-0.25, -0.2) is 4.79 Å². The molecule has 1 aliphatic rings. The van der Waals surface area contributed by atoms with Gasteiger partial charge in [-0.05, 0) is 0 Å². The number of hydrogen-bond acceptors (Lipinski definition) is 7. The van der Waals surface area contributed by atoms with Gasteiger partial charge in [0.05, 0.1) is 18.4 Å². The summed E-state index contributed by atoms with van der Waals surface area (Å²) in [7, 11) is 1.66. The second-order valence-corrected chi connectivity index (χ2v) is 4.09. The number of ether oxygens (including phenoxy) is 1. The number of nitrogens with two attached hydrogens (primary N) is 1. The van der Waals surface area contributed by atoms with E-state index in [9.17, 15) is 9.90 Å². The zero-order valence-corrected chi connectivity index (χ0v) is 9.91. The molecule has 8 nitrogen and oxygen atoms in total. The summed E-state index contributed by atoms with van der Waals surface area (Å²) in [6.45, 7) is -0.298. The largest absolute Gasteiger partial charge is 0.394 e. The zero-order valence-electron chi connectivity index (χ0n) is 9.91. The number of rotatable bonds is 3. The molecule has 2 heterocycles. The highest BCUT2D eigenvalue weighted by molar-refractivity contribution is 5.59. The Hall–Kier alpha value is -1.64. The molecule has 0 aromatic carbocycles. The third-order valence-electron chi connectivity index (χ3n) is 2.94. The van der Waals surface area contributed by atoms with E-state index in [0.717, 1.165) is 0 Å². The average Bonchev–Trinajstić information content (AvgIpc) is 2.70. The van der Waals surface area contributed by atoms with Crippen molar-refractivity contribution < 1.29 is 14.9 Å². The van der Waals surface area contributed by atoms with Crippen molar-refractivity contribution in [2.45, 2.75) is 24.9 Å². The van der Waals surface area contributed by atoms with Crippen LogP contribution in [0.2, 0.25) is 0 Å². The van der Waals surface area contributed by atoms with Gasteiger partial charge in [0.2, 0.25) is 0 Å². The van der Waals surface area contributed by atoms with Crippen molar-refractivity contribution >= 4 is 11.5 Å². The van der Waals surface area contributed by atoms with Crippen LogP contribution in [0.3, 0.4) is 0 Å². The van der Waals surface area contributed by atoms with Crippen LogP contribution in [0, 0.1) is 0 Å². The molecular weight excluding hydrogens is 240 g/mol. The van der Waals surface area contributed by atoms with Crippen LogP contribution in [0.5, 0.6) is 0 Å². The van der Waals surface area contributed by atoms with Gasteiger partial charge in [0, 0.05) is 19.7 Å². The Labute approximate surface area is 103 Å². The molecule has 0 radical (unpaired) electrons. The number of aliphatic hydroxyl groups is 2. The van der Waals surface area contributed by atoms with Crippen molar-refractivity contribution in [3.8, 4) is 0 Å². The minimum Gasteiger partial charge on any atom is -0.394 e. The molecule has 1 aromatic heterocycles. The third kappa shape index (κ3) is 2.17. The summed E-state index contributed by atoms with van der Waals surface area (Å²) in [6.07, 6.45) is -0.424. The Bertz CT molecular complexity index is 489. The molecule has 1 aliphatic heterocycles. The van der Waals surface area contributed by atoms with E-state index in [1.54, 1.807) is 7.05 Å². The van der Waals surface area contributed by atoms with Gasteiger partial charge in [-0.1, -0.05) is 0 Å². The van der Waals surface area contributed by atoms with Gasteiger partial charge in [-0.2, -0.15) is 4.98 Å². The Morgan fingerprint density at radius 2 is 2.44 bits per heavy atom. The predicted octanol–water partition coefficient (Wildman–Crippen LogP) is -1.49. The zero-order chi connectivity index (χ0) is 13.3. The topological polar surface area (TPSA) is 123 Å². The second kappa shape index (κ2) is 4.92. The van der Waals surface area contributed by atoms with Crippen molar-refractivity contribution in [1.82, 2.24) is 9.55 Å². The van der Waals surface area contributed by atoms with Crippen LogP contribution < -0.4 is 16.7 Å². The van der Waals surface area contributed by atoms with Crippen molar-refractivity contribution in [2.24, 2.45) is 0 Å². The van der Waals surface area contributed by atoms with E-state index >= 15 is 0 Å². The van der Waals surface area contributed by atoms with Gasteiger partial charge < -0.3 is 26.0 Å². The number of nitrogens with zero attached hydrogens (tertiary/aromatic N) is 2. The van der Waals surface area contributed by atoms with Crippen LogP contribution >= 0.6 is 0 Å². The fourth-order valence-electron chi connectivity index (χ4n) is 1.93. The maximum absolute atomic E-state index is 11.7. The highest BCUT2D eigenvalue weighted by Gasteiger charge is 2.35. The first-order chi connectivity index (χ1) is 8.56. The Kier molecular flexibility index (Phi) is 3.50. The molecule has 0 bridgehead atoms. The molecule has 100 valence electrons. The first-order valence-electron chi connectivity index (χ1n) is 5.57. The molecule has 2 rings (SSSR count). The average molecular weight is 256 g/mol. The number of aromatic nitrogens is 2. The van der Waals surface area contributed by atoms with Crippen LogP contribution in [-0.4, -0.2) is 45.6 Å². The molecule has 0 saturated carbocycles. The summed E-state index contributed by atoms with van der Waals surface area (Å²) < 4.78 is 6.63. The highest BCUT2D eigenvalue weighted by Crippen LogP contribution is 2.28. The maximum atomic E-state index is 11.7. The Balaban J connectivity index is 2.32. The molecule has 18 heavy (non-hydrogen) atoms. The minimum absolute atomic E-state index is 0.107. The monoisotopic (exact) mass is 256 g/mol. The lowest BCUT2D eigenvalue weighted by atomic mass is 10.2. The maximum Gasteiger partial charge on any atom is 0.351 e. The lowest BCUT2D eigenvalue weighted by Gasteiger charge is -2.15. The first-order valence-corrected chi connectivity index (χ1v) is 5.57. The van der Waals surface area contributed by atoms with Crippen LogP contribution in [-0.2, 0) is 4.74 Å². The molecule has 0 unspecified atom stereocenters. The minimum atomic E-state index is -0.803. The molecule has 1 saturated heterocycles. The van der Waals surface area contributed by atoms with E-state index < -0.39 is 24.1 Å². The Morgan fingerprint density at radius 3 is 3.00 bits per heavy atom. The lowest BCUT2D eigenvalue weighted by Crippen LogP contribution is -2.28. The number of aliphatic hydroxyl groups excluding tert-OH is 2. The van der Waals surface area contributed by atoms with Crippen LogP contribution in [0.1, 0.15) is 12.6 Å². The number of hydrogen-bond donors (Lipinski definition) is 4. The molecule has 1 fully saturated rings. The number of nitrogen functional groups attached to an aromatic ring is 1. The number of nitrogens with one attached hydrogen (secondary N) is 1. The summed E-state index contributed by atoms with van der Waals surface area (Å²) >= 11 is 0. The summed E-state index contributed by atoms with van der Waals surface area (Å²) in [5, 5.41) is 21.4. The molecule has 8 heteroatoms.